The molecule has 0 aromatic heterocycles. The molecule has 2 unspecified atom stereocenters. The van der Waals surface area contributed by atoms with Crippen LogP contribution >= 0.6 is 0 Å². The molecule has 0 amide bonds. The van der Waals surface area contributed by atoms with E-state index in [9.17, 15) is 0 Å². The summed E-state index contributed by atoms with van der Waals surface area (Å²) in [5, 5.41) is 0. The second kappa shape index (κ2) is 3.52. The highest BCUT2D eigenvalue weighted by atomic mass is 16.5. The minimum Gasteiger partial charge on any atom is -0.415 e. The summed E-state index contributed by atoms with van der Waals surface area (Å²) in [5.74, 6) is 0. The Balaban J connectivity index is 2.19. The molecule has 0 bridgehead atoms. The van der Waals surface area contributed by atoms with E-state index in [1.165, 1.54) is 5.56 Å². The second-order valence-electron chi connectivity index (χ2n) is 3.48. The van der Waals surface area contributed by atoms with Gasteiger partial charge in [-0.2, -0.15) is 0 Å². The third kappa shape index (κ3) is 1.62. The van der Waals surface area contributed by atoms with Crippen LogP contribution in [0.1, 0.15) is 18.6 Å². The molecule has 1 fully saturated rings. The van der Waals surface area contributed by atoms with Crippen molar-refractivity contribution < 1.29 is 4.65 Å². The smallest absolute Gasteiger partial charge is 0.399 e. The van der Waals surface area contributed by atoms with Crippen molar-refractivity contribution >= 4 is 7.62 Å². The number of benzene rings is 1. The molecule has 1 aromatic carbocycles. The van der Waals surface area contributed by atoms with Crippen LogP contribution in [0.3, 0.4) is 0 Å². The van der Waals surface area contributed by atoms with Crippen LogP contribution in [0.15, 0.2) is 30.3 Å². The Morgan fingerprint density at radius 3 is 2.54 bits per heavy atom. The summed E-state index contributed by atoms with van der Waals surface area (Å²) in [6.45, 7) is 2.17. The Kier molecular flexibility index (Phi) is 2.38. The number of hydrogen-bond acceptors (Lipinski definition) is 2. The monoisotopic (exact) mass is 174 g/mol. The van der Waals surface area contributed by atoms with Crippen LogP contribution < -0.4 is 0 Å². The summed E-state index contributed by atoms with van der Waals surface area (Å²) < 4.78 is 5.56. The summed E-state index contributed by atoms with van der Waals surface area (Å²) >= 11 is 0. The minimum absolute atomic E-state index is 0.186. The van der Waals surface area contributed by atoms with Crippen molar-refractivity contribution in [2.24, 2.45) is 0 Å². The molecular weight excluding hydrogens is 161 g/mol. The Morgan fingerprint density at radius 1 is 1.31 bits per heavy atom. The van der Waals surface area contributed by atoms with Gasteiger partial charge in [0.15, 0.2) is 0 Å². The fourth-order valence-electron chi connectivity index (χ4n) is 1.58. The lowest BCUT2D eigenvalue weighted by Crippen LogP contribution is -2.26. The lowest BCUT2D eigenvalue weighted by atomic mass is 10.0. The predicted octanol–water partition coefficient (Wildman–Crippen LogP) is 1.61. The first-order valence-corrected chi connectivity index (χ1v) is 4.55. The lowest BCUT2D eigenvalue weighted by molar-refractivity contribution is 0.213. The van der Waals surface area contributed by atoms with Gasteiger partial charge >= 0.3 is 7.62 Å². The normalized spacial score (nSPS) is 28.8. The Hall–Kier alpha value is -0.795. The molecule has 0 N–H and O–H groups in total. The average Bonchev–Trinajstić information content (AvgIpc) is 2.49. The van der Waals surface area contributed by atoms with Gasteiger partial charge in [-0.15, -0.1) is 0 Å². The van der Waals surface area contributed by atoms with Gasteiger partial charge < -0.3 is 9.47 Å². The summed E-state index contributed by atoms with van der Waals surface area (Å²) in [4.78, 5) is 2.09. The Morgan fingerprint density at radius 2 is 2.00 bits per heavy atom. The fraction of sp³-hybridized carbons (Fsp3) is 0.400. The van der Waals surface area contributed by atoms with E-state index in [0.717, 1.165) is 0 Å². The van der Waals surface area contributed by atoms with Crippen molar-refractivity contribution in [2.45, 2.75) is 19.1 Å². The number of likely N-dealkylation sites (N-methyl/N-ethyl adjacent to an activating group) is 1. The largest absolute Gasteiger partial charge is 0.415 e. The van der Waals surface area contributed by atoms with Gasteiger partial charge in [-0.1, -0.05) is 30.3 Å². The predicted molar refractivity (Wildman–Crippen MR) is 53.2 cm³/mol. The third-order valence-electron chi connectivity index (χ3n) is 2.58. The highest BCUT2D eigenvalue weighted by Gasteiger charge is 2.31. The quantitative estimate of drug-likeness (QED) is 0.599. The molecule has 0 spiro atoms. The third-order valence-corrected chi connectivity index (χ3v) is 2.58. The zero-order valence-electron chi connectivity index (χ0n) is 7.97. The fourth-order valence-corrected chi connectivity index (χ4v) is 1.58. The molecule has 1 radical (unpaired) electrons. The van der Waals surface area contributed by atoms with Gasteiger partial charge in [-0.25, -0.2) is 0 Å². The zero-order valence-corrected chi connectivity index (χ0v) is 7.97. The average molecular weight is 174 g/mol. The van der Waals surface area contributed by atoms with Crippen molar-refractivity contribution in [1.29, 1.82) is 0 Å². The maximum absolute atomic E-state index is 5.56. The van der Waals surface area contributed by atoms with Crippen LogP contribution in [-0.4, -0.2) is 25.5 Å². The zero-order chi connectivity index (χ0) is 9.26. The molecular formula is C10H13BNO. The first kappa shape index (κ1) is 8.79. The molecule has 2 atom stereocenters. The van der Waals surface area contributed by atoms with Crippen LogP contribution in [0.2, 0.25) is 0 Å². The minimum atomic E-state index is 0.186. The van der Waals surface area contributed by atoms with Gasteiger partial charge in [-0.05, 0) is 19.5 Å². The van der Waals surface area contributed by atoms with Crippen LogP contribution in [0, 0.1) is 0 Å². The number of hydrogen-bond donors (Lipinski definition) is 0. The van der Waals surface area contributed by atoms with E-state index in [4.69, 9.17) is 4.65 Å². The van der Waals surface area contributed by atoms with Crippen molar-refractivity contribution in [3.8, 4) is 0 Å². The van der Waals surface area contributed by atoms with Crippen LogP contribution in [0.4, 0.5) is 0 Å². The molecule has 13 heavy (non-hydrogen) atoms. The van der Waals surface area contributed by atoms with E-state index in [2.05, 4.69) is 23.9 Å². The van der Waals surface area contributed by atoms with Gasteiger partial charge in [-0.3, -0.25) is 0 Å². The van der Waals surface area contributed by atoms with E-state index < -0.39 is 0 Å². The molecule has 67 valence electrons. The van der Waals surface area contributed by atoms with E-state index in [1.807, 2.05) is 25.2 Å². The lowest BCUT2D eigenvalue weighted by Gasteiger charge is -2.19. The molecule has 3 heteroatoms. The first-order valence-electron chi connectivity index (χ1n) is 4.55. The van der Waals surface area contributed by atoms with Crippen molar-refractivity contribution in [2.75, 3.05) is 7.05 Å². The molecule has 1 aliphatic heterocycles. The Bertz CT molecular complexity index is 278. The molecule has 1 saturated heterocycles. The SMILES string of the molecule is CC1C(c2ccccc2)O[B]N1C. The van der Waals surface area contributed by atoms with Crippen molar-refractivity contribution in [1.82, 2.24) is 4.81 Å². The Labute approximate surface area is 79.8 Å². The van der Waals surface area contributed by atoms with E-state index in [0.29, 0.717) is 6.04 Å². The first-order chi connectivity index (χ1) is 6.29. The summed E-state index contributed by atoms with van der Waals surface area (Å²) in [6, 6.07) is 10.7. The second-order valence-corrected chi connectivity index (χ2v) is 3.48. The van der Waals surface area contributed by atoms with Crippen molar-refractivity contribution in [3.63, 3.8) is 0 Å². The van der Waals surface area contributed by atoms with Crippen LogP contribution in [0.25, 0.3) is 0 Å². The molecule has 2 nitrogen and oxygen atoms in total. The van der Waals surface area contributed by atoms with E-state index in [1.54, 1.807) is 7.62 Å². The molecule has 0 saturated carbocycles. The van der Waals surface area contributed by atoms with Gasteiger partial charge in [0.2, 0.25) is 0 Å². The van der Waals surface area contributed by atoms with Crippen LogP contribution in [-0.2, 0) is 4.65 Å². The molecule has 1 aliphatic rings. The highest BCUT2D eigenvalue weighted by molar-refractivity contribution is 6.24. The molecule has 1 aromatic rings. The topological polar surface area (TPSA) is 12.5 Å². The maximum Gasteiger partial charge on any atom is 0.399 e. The number of nitrogens with zero attached hydrogens (tertiary/aromatic N) is 1. The summed E-state index contributed by atoms with van der Waals surface area (Å²) in [6.07, 6.45) is 0.186. The van der Waals surface area contributed by atoms with Gasteiger partial charge in [0.05, 0.1) is 6.10 Å². The maximum atomic E-state index is 5.56. The van der Waals surface area contributed by atoms with Gasteiger partial charge in [0.25, 0.3) is 0 Å². The summed E-state index contributed by atoms with van der Waals surface area (Å²) in [7, 11) is 3.83. The van der Waals surface area contributed by atoms with Gasteiger partial charge in [0.1, 0.15) is 0 Å². The van der Waals surface area contributed by atoms with Crippen LogP contribution in [0.5, 0.6) is 0 Å². The molecule has 0 aliphatic carbocycles. The molecule has 1 heterocycles. The highest BCUT2D eigenvalue weighted by Crippen LogP contribution is 2.28. The summed E-state index contributed by atoms with van der Waals surface area (Å²) in [5.41, 5.74) is 1.25. The van der Waals surface area contributed by atoms with E-state index in [-0.39, 0.29) is 6.10 Å². The molecule has 2 rings (SSSR count). The van der Waals surface area contributed by atoms with Gasteiger partial charge in [0, 0.05) is 6.04 Å². The standard InChI is InChI=1S/C10H13BNO/c1-8-10(13-11-12(8)2)9-6-4-3-5-7-9/h3-8,10H,1-2H3. The number of rotatable bonds is 1. The van der Waals surface area contributed by atoms with E-state index >= 15 is 0 Å². The van der Waals surface area contributed by atoms with Crippen molar-refractivity contribution in [3.05, 3.63) is 35.9 Å².